The first-order valence-corrected chi connectivity index (χ1v) is 4.27. The summed E-state index contributed by atoms with van der Waals surface area (Å²) in [6.07, 6.45) is -2.72. The number of carbonyl (C=O) groups excluding carboxylic acids is 1. The van der Waals surface area contributed by atoms with Crippen LogP contribution in [0.1, 0.15) is 11.3 Å². The van der Waals surface area contributed by atoms with E-state index in [4.69, 9.17) is 0 Å². The van der Waals surface area contributed by atoms with E-state index in [2.05, 4.69) is 9.72 Å². The number of rotatable bonds is 2. The molecule has 1 rings (SSSR count). The van der Waals surface area contributed by atoms with Gasteiger partial charge in [-0.3, -0.25) is 4.79 Å². The maximum absolute atomic E-state index is 12.5. The van der Waals surface area contributed by atoms with Gasteiger partial charge in [0.25, 0.3) is 5.56 Å². The molecule has 0 atom stereocenters. The molecule has 0 fully saturated rings. The van der Waals surface area contributed by atoms with Crippen molar-refractivity contribution in [2.24, 2.45) is 0 Å². The zero-order chi connectivity index (χ0) is 13.1. The summed E-state index contributed by atoms with van der Waals surface area (Å²) in [6.45, 7) is 0. The Morgan fingerprint density at radius 2 is 2.18 bits per heavy atom. The molecule has 1 aromatic heterocycles. The number of nitrogens with zero attached hydrogens (tertiary/aromatic N) is 1. The molecule has 0 radical (unpaired) electrons. The molecule has 5 nitrogen and oxygen atoms in total. The van der Waals surface area contributed by atoms with Crippen molar-refractivity contribution in [3.8, 4) is 0 Å². The summed E-state index contributed by atoms with van der Waals surface area (Å²) in [6, 6.07) is 0. The lowest BCUT2D eigenvalue weighted by Crippen LogP contribution is -2.20. The van der Waals surface area contributed by atoms with Crippen LogP contribution in [-0.2, 0) is 15.7 Å². The van der Waals surface area contributed by atoms with Crippen LogP contribution in [0, 0.1) is 0 Å². The predicted molar refractivity (Wildman–Crippen MR) is 50.9 cm³/mol. The molecule has 1 aromatic rings. The first-order chi connectivity index (χ1) is 7.86. The quantitative estimate of drug-likeness (QED) is 0.625. The lowest BCUT2D eigenvalue weighted by atomic mass is 10.2. The van der Waals surface area contributed by atoms with Crippen molar-refractivity contribution in [2.45, 2.75) is 6.18 Å². The highest BCUT2D eigenvalue weighted by Gasteiger charge is 2.35. The van der Waals surface area contributed by atoms with Gasteiger partial charge in [-0.05, 0) is 6.08 Å². The number of carbonyl (C=O) groups is 1. The molecule has 92 valence electrons. The predicted octanol–water partition coefficient (Wildman–Crippen LogP) is 0.975. The fourth-order valence-corrected chi connectivity index (χ4v) is 1.01. The zero-order valence-electron chi connectivity index (χ0n) is 8.54. The van der Waals surface area contributed by atoms with Gasteiger partial charge >= 0.3 is 12.1 Å². The van der Waals surface area contributed by atoms with Crippen molar-refractivity contribution < 1.29 is 22.7 Å². The Morgan fingerprint density at radius 1 is 1.53 bits per heavy atom. The molecule has 1 heterocycles. The highest BCUT2D eigenvalue weighted by Crippen LogP contribution is 2.28. The Morgan fingerprint density at radius 3 is 2.71 bits per heavy atom. The molecule has 8 heteroatoms. The molecule has 17 heavy (non-hydrogen) atoms. The number of methoxy groups -OCH3 is 1. The molecule has 0 aromatic carbocycles. The number of halogens is 3. The number of esters is 1. The summed E-state index contributed by atoms with van der Waals surface area (Å²) in [5.74, 6) is -0.874. The largest absolute Gasteiger partial charge is 0.466 e. The average Bonchev–Trinajstić information content (AvgIpc) is 2.25. The molecule has 0 aliphatic carbocycles. The average molecular weight is 248 g/mol. The van der Waals surface area contributed by atoms with Crippen LogP contribution in [0.15, 0.2) is 17.2 Å². The highest BCUT2D eigenvalue weighted by molar-refractivity contribution is 5.87. The summed E-state index contributed by atoms with van der Waals surface area (Å²) < 4.78 is 41.6. The van der Waals surface area contributed by atoms with Crippen molar-refractivity contribution in [3.05, 3.63) is 34.0 Å². The Bertz CT molecular complexity index is 505. The molecule has 0 unspecified atom stereocenters. The van der Waals surface area contributed by atoms with E-state index < -0.39 is 29.0 Å². The molecule has 0 aliphatic rings. The third-order valence-electron chi connectivity index (χ3n) is 1.74. The Balaban J connectivity index is 3.27. The summed E-state index contributed by atoms with van der Waals surface area (Å²) >= 11 is 0. The minimum atomic E-state index is -4.77. The van der Waals surface area contributed by atoms with Crippen LogP contribution in [0.3, 0.4) is 0 Å². The lowest BCUT2D eigenvalue weighted by Gasteiger charge is -2.07. The number of alkyl halides is 3. The SMILES string of the molecule is COC(=O)C=Cc1c(C(F)(F)F)nc[nH]c1=O. The lowest BCUT2D eigenvalue weighted by molar-refractivity contribution is -0.141. The number of nitrogens with one attached hydrogen (secondary N) is 1. The van der Waals surface area contributed by atoms with Gasteiger partial charge in [0.15, 0.2) is 5.69 Å². The van der Waals surface area contributed by atoms with Crippen molar-refractivity contribution in [2.75, 3.05) is 7.11 Å². The van der Waals surface area contributed by atoms with E-state index in [1.807, 2.05) is 4.98 Å². The topological polar surface area (TPSA) is 72.0 Å². The molecule has 1 N–H and O–H groups in total. The van der Waals surface area contributed by atoms with Gasteiger partial charge in [0.05, 0.1) is 19.0 Å². The summed E-state index contributed by atoms with van der Waals surface area (Å²) in [4.78, 5) is 26.9. The number of aromatic nitrogens is 2. The normalized spacial score (nSPS) is 11.8. The highest BCUT2D eigenvalue weighted by atomic mass is 19.4. The molecular weight excluding hydrogens is 241 g/mol. The maximum Gasteiger partial charge on any atom is 0.434 e. The minimum Gasteiger partial charge on any atom is -0.466 e. The summed E-state index contributed by atoms with van der Waals surface area (Å²) in [5.41, 5.74) is -3.10. The van der Waals surface area contributed by atoms with Crippen molar-refractivity contribution in [3.63, 3.8) is 0 Å². The second-order valence-corrected chi connectivity index (χ2v) is 2.85. The Kier molecular flexibility index (Phi) is 3.66. The van der Waals surface area contributed by atoms with Gasteiger partial charge in [-0.1, -0.05) is 0 Å². The van der Waals surface area contributed by atoms with Gasteiger partial charge in [0, 0.05) is 6.08 Å². The van der Waals surface area contributed by atoms with Crippen LogP contribution in [0.2, 0.25) is 0 Å². The van der Waals surface area contributed by atoms with E-state index in [0.29, 0.717) is 18.5 Å². The number of hydrogen-bond acceptors (Lipinski definition) is 4. The minimum absolute atomic E-state index is 0.640. The first-order valence-electron chi connectivity index (χ1n) is 4.27. The third-order valence-corrected chi connectivity index (χ3v) is 1.74. The first kappa shape index (κ1) is 12.9. The van der Waals surface area contributed by atoms with Crippen LogP contribution in [0.25, 0.3) is 6.08 Å². The van der Waals surface area contributed by atoms with Gasteiger partial charge in [0.2, 0.25) is 0 Å². The Labute approximate surface area is 92.9 Å². The van der Waals surface area contributed by atoms with Crippen LogP contribution < -0.4 is 5.56 Å². The van der Waals surface area contributed by atoms with Crippen LogP contribution in [-0.4, -0.2) is 23.0 Å². The Hall–Kier alpha value is -2.12. The number of hydrogen-bond donors (Lipinski definition) is 1. The summed E-state index contributed by atoms with van der Waals surface area (Å²) in [7, 11) is 1.06. The number of aromatic amines is 1. The van der Waals surface area contributed by atoms with E-state index in [-0.39, 0.29) is 0 Å². The molecule has 0 bridgehead atoms. The van der Waals surface area contributed by atoms with Crippen molar-refractivity contribution >= 4 is 12.0 Å². The molecule has 0 saturated carbocycles. The fourth-order valence-electron chi connectivity index (χ4n) is 1.01. The summed E-state index contributed by atoms with van der Waals surface area (Å²) in [5, 5.41) is 0. The standard InChI is InChI=1S/C9H7F3N2O3/c1-17-6(15)3-2-5-7(9(10,11)12)13-4-14-8(5)16/h2-4H,1H3,(H,13,14,16). The van der Waals surface area contributed by atoms with E-state index in [1.165, 1.54) is 0 Å². The van der Waals surface area contributed by atoms with E-state index in [9.17, 15) is 22.8 Å². The van der Waals surface area contributed by atoms with Gasteiger partial charge < -0.3 is 9.72 Å². The van der Waals surface area contributed by atoms with Gasteiger partial charge in [-0.25, -0.2) is 9.78 Å². The molecule has 0 spiro atoms. The van der Waals surface area contributed by atoms with Gasteiger partial charge in [-0.2, -0.15) is 13.2 Å². The van der Waals surface area contributed by atoms with E-state index in [1.54, 1.807) is 0 Å². The molecular formula is C9H7F3N2O3. The smallest absolute Gasteiger partial charge is 0.434 e. The van der Waals surface area contributed by atoms with Crippen molar-refractivity contribution in [1.82, 2.24) is 9.97 Å². The monoisotopic (exact) mass is 248 g/mol. The van der Waals surface area contributed by atoms with Gasteiger partial charge in [-0.15, -0.1) is 0 Å². The number of ether oxygens (including phenoxy) is 1. The number of H-pyrrole nitrogens is 1. The third kappa shape index (κ3) is 3.16. The van der Waals surface area contributed by atoms with Crippen LogP contribution >= 0.6 is 0 Å². The second-order valence-electron chi connectivity index (χ2n) is 2.85. The van der Waals surface area contributed by atoms with Crippen LogP contribution in [0.5, 0.6) is 0 Å². The fraction of sp³-hybridized carbons (Fsp3) is 0.222. The van der Waals surface area contributed by atoms with Gasteiger partial charge in [0.1, 0.15) is 0 Å². The van der Waals surface area contributed by atoms with Crippen LogP contribution in [0.4, 0.5) is 13.2 Å². The molecule has 0 amide bonds. The molecule has 0 saturated heterocycles. The molecule has 0 aliphatic heterocycles. The maximum atomic E-state index is 12.5. The van der Waals surface area contributed by atoms with E-state index in [0.717, 1.165) is 7.11 Å². The zero-order valence-corrected chi connectivity index (χ0v) is 8.54. The van der Waals surface area contributed by atoms with E-state index >= 15 is 0 Å². The second kappa shape index (κ2) is 4.81. The van der Waals surface area contributed by atoms with Crippen molar-refractivity contribution in [1.29, 1.82) is 0 Å².